The average Bonchev–Trinajstić information content (AvgIpc) is 2.86. The Balaban J connectivity index is -0.000000688. The largest absolute Gasteiger partial charge is 1.00 e. The first kappa shape index (κ1) is 50.3. The van der Waals surface area contributed by atoms with Crippen LogP contribution in [0.4, 0.5) is 18.9 Å². The number of halogens is 7. The molecular weight excluding hydrogens is 651 g/mol. The highest BCUT2D eigenvalue weighted by molar-refractivity contribution is 5.98. The van der Waals surface area contributed by atoms with Crippen molar-refractivity contribution in [3.05, 3.63) is 71.9 Å². The summed E-state index contributed by atoms with van der Waals surface area (Å²) in [5, 5.41) is 6.24. The van der Waals surface area contributed by atoms with Crippen LogP contribution in [0.25, 0.3) is 10.9 Å². The first-order valence-corrected chi connectivity index (χ1v) is 11.4. The number of fused-ring (bicyclic) bond motifs is 1. The quantitative estimate of drug-likeness (QED) is 0.143. The van der Waals surface area contributed by atoms with Gasteiger partial charge in [0.1, 0.15) is 11.7 Å². The van der Waals surface area contributed by atoms with E-state index in [4.69, 9.17) is 17.2 Å². The van der Waals surface area contributed by atoms with Crippen LogP contribution in [0.3, 0.4) is 0 Å². The maximum absolute atomic E-state index is 13.2. The molecule has 8 nitrogen and oxygen atoms in total. The van der Waals surface area contributed by atoms with E-state index < -0.39 is 35.6 Å². The van der Waals surface area contributed by atoms with Crippen LogP contribution in [0.5, 0.6) is 0 Å². The normalized spacial score (nSPS) is 11.2. The molecule has 0 bridgehead atoms. The zero-order valence-electron chi connectivity index (χ0n) is 21.0. The molecule has 0 aliphatic carbocycles. The molecule has 2 atom stereocenters. The number of aromatic nitrogens is 1. The summed E-state index contributed by atoms with van der Waals surface area (Å²) < 4.78 is 38.8. The van der Waals surface area contributed by atoms with Crippen molar-refractivity contribution >= 4 is 28.4 Å². The second kappa shape index (κ2) is 23.1. The van der Waals surface area contributed by atoms with Gasteiger partial charge < -0.3 is 77.5 Å². The van der Waals surface area contributed by atoms with E-state index in [9.17, 15) is 22.8 Å². The summed E-state index contributed by atoms with van der Waals surface area (Å²) in [6.07, 6.45) is -2.69. The minimum atomic E-state index is -4.48. The van der Waals surface area contributed by atoms with Crippen LogP contribution in [-0.4, -0.2) is 37.0 Å². The van der Waals surface area contributed by atoms with Crippen LogP contribution in [0.1, 0.15) is 39.8 Å². The number of carbonyl (C=O) groups excluding carboxylic acids is 2. The van der Waals surface area contributed by atoms with Crippen LogP contribution in [0.15, 0.2) is 60.8 Å². The van der Waals surface area contributed by atoms with E-state index in [0.717, 1.165) is 23.0 Å². The summed E-state index contributed by atoms with van der Waals surface area (Å²) in [6.45, 7) is 0.511. The van der Waals surface area contributed by atoms with Crippen molar-refractivity contribution in [2.24, 2.45) is 23.1 Å². The van der Waals surface area contributed by atoms with Crippen LogP contribution < -0.4 is 82.4 Å². The van der Waals surface area contributed by atoms with Gasteiger partial charge in [-0.1, -0.05) is 46.5 Å². The number of para-hydroxylation sites is 1. The molecule has 3 rings (SSSR count). The van der Waals surface area contributed by atoms with Gasteiger partial charge in [-0.15, -0.1) is 0 Å². The summed E-state index contributed by atoms with van der Waals surface area (Å²) >= 11 is 0. The van der Waals surface area contributed by atoms with Crippen molar-refractivity contribution in [2.75, 3.05) is 18.4 Å². The molecule has 0 aliphatic heterocycles. The molecule has 0 fully saturated rings. The molecule has 3 aromatic rings. The number of anilines is 1. The zero-order chi connectivity index (χ0) is 26.3. The lowest BCUT2D eigenvalue weighted by Crippen LogP contribution is -3.00. The highest BCUT2D eigenvalue weighted by Gasteiger charge is 2.31. The number of benzene rings is 2. The SMILES string of the molecule is C.C.C.NCC(CN)C[C@H](N)C(=O)N[C@H](Cc1ccc(C(F)(F)F)cc1)C(=O)Nc1c[nH+]c2ccccc2c1.[Cl-].[Cl-].[Cl-].[Cl-]. The minimum Gasteiger partial charge on any atom is -1.00 e. The number of alkyl halides is 3. The molecule has 1 aromatic heterocycles. The Morgan fingerprint density at radius 1 is 0.860 bits per heavy atom. The molecule has 0 saturated heterocycles. The fourth-order valence-corrected chi connectivity index (χ4v) is 3.73. The van der Waals surface area contributed by atoms with Crippen molar-refractivity contribution in [3.8, 4) is 0 Å². The van der Waals surface area contributed by atoms with Gasteiger partial charge in [-0.25, -0.2) is 4.98 Å². The number of pyridine rings is 1. The van der Waals surface area contributed by atoms with Crippen LogP contribution in [0.2, 0.25) is 0 Å². The second-order valence-electron chi connectivity index (χ2n) is 8.60. The standard InChI is InChI=1S/C25H29F3N6O2.3CH4.4ClH/c26-25(27,28)18-7-5-15(6-8-18)10-22(34-23(35)20(31)9-16(12-29)13-30)24(36)33-19-11-17-3-1-2-4-21(17)32-14-19;;;;;;;/h1-8,11,14,16,20,22H,9-10,12-13,29-31H2,(H,33,36)(H,34,35);3*1H4;4*1H/p-3/t20-,22+;;;;;;;/m0......./s1. The highest BCUT2D eigenvalue weighted by atomic mass is 35.5. The Kier molecular flexibility index (Phi) is 27.0. The van der Waals surface area contributed by atoms with E-state index >= 15 is 0 Å². The summed E-state index contributed by atoms with van der Waals surface area (Å²) in [4.78, 5) is 29.0. The van der Waals surface area contributed by atoms with Gasteiger partial charge in [0.15, 0.2) is 6.20 Å². The van der Waals surface area contributed by atoms with Crippen LogP contribution in [-0.2, 0) is 22.2 Å². The minimum absolute atomic E-state index is 0. The Hall–Kier alpha value is -2.38. The first-order valence-electron chi connectivity index (χ1n) is 11.4. The third-order valence-electron chi connectivity index (χ3n) is 5.87. The highest BCUT2D eigenvalue weighted by Crippen LogP contribution is 2.29. The molecular formula is C28H42Cl4F3N6O2-3. The lowest BCUT2D eigenvalue weighted by atomic mass is 9.99. The summed E-state index contributed by atoms with van der Waals surface area (Å²) in [7, 11) is 0. The van der Waals surface area contributed by atoms with Gasteiger partial charge >= 0.3 is 6.18 Å². The molecule has 2 amide bonds. The molecule has 1 heterocycles. The average molecular weight is 693 g/mol. The summed E-state index contributed by atoms with van der Waals surface area (Å²) in [5.74, 6) is -1.30. The number of carbonyl (C=O) groups is 2. The van der Waals surface area contributed by atoms with Crippen LogP contribution in [0, 0.1) is 5.92 Å². The van der Waals surface area contributed by atoms with Gasteiger partial charge in [0.2, 0.25) is 17.3 Å². The third kappa shape index (κ3) is 14.8. The van der Waals surface area contributed by atoms with Gasteiger partial charge in [0, 0.05) is 17.9 Å². The van der Waals surface area contributed by atoms with Crippen molar-refractivity contribution in [3.63, 3.8) is 0 Å². The van der Waals surface area contributed by atoms with Gasteiger partial charge in [0.05, 0.1) is 11.6 Å². The van der Waals surface area contributed by atoms with Gasteiger partial charge in [-0.05, 0) is 55.3 Å². The van der Waals surface area contributed by atoms with Crippen LogP contribution >= 0.6 is 0 Å². The predicted octanol–water partition coefficient (Wildman–Crippen LogP) is -8.49. The number of hydrogen-bond donors (Lipinski definition) is 5. The first-order chi connectivity index (χ1) is 17.1. The number of amides is 2. The Morgan fingerprint density at radius 2 is 1.42 bits per heavy atom. The maximum atomic E-state index is 13.2. The monoisotopic (exact) mass is 691 g/mol. The number of hydrogen-bond acceptors (Lipinski definition) is 5. The number of rotatable bonds is 10. The lowest BCUT2D eigenvalue weighted by molar-refractivity contribution is -0.343. The topological polar surface area (TPSA) is 150 Å². The van der Waals surface area contributed by atoms with Gasteiger partial charge in [0.25, 0.3) is 0 Å². The van der Waals surface area contributed by atoms with E-state index in [0.29, 0.717) is 11.3 Å². The maximum Gasteiger partial charge on any atom is 0.416 e. The lowest BCUT2D eigenvalue weighted by Gasteiger charge is -2.22. The molecule has 248 valence electrons. The predicted molar refractivity (Wildman–Crippen MR) is 151 cm³/mol. The van der Waals surface area contributed by atoms with Crippen molar-refractivity contribution < 1.29 is 77.4 Å². The molecule has 0 spiro atoms. The molecule has 0 radical (unpaired) electrons. The van der Waals surface area contributed by atoms with Crippen molar-refractivity contribution in [2.45, 2.75) is 53.4 Å². The number of nitrogens with two attached hydrogens (primary N) is 3. The second-order valence-corrected chi connectivity index (χ2v) is 8.60. The van der Waals surface area contributed by atoms with E-state index in [1.807, 2.05) is 24.3 Å². The fourth-order valence-electron chi connectivity index (χ4n) is 3.73. The van der Waals surface area contributed by atoms with E-state index in [1.54, 1.807) is 12.3 Å². The van der Waals surface area contributed by atoms with Gasteiger partial charge in [-0.2, -0.15) is 13.2 Å². The number of H-pyrrole nitrogens is 1. The van der Waals surface area contributed by atoms with E-state index in [1.165, 1.54) is 12.1 Å². The molecule has 2 aromatic carbocycles. The third-order valence-corrected chi connectivity index (χ3v) is 5.87. The Bertz CT molecular complexity index is 1200. The van der Waals surface area contributed by atoms with E-state index in [2.05, 4.69) is 15.6 Å². The van der Waals surface area contributed by atoms with Crippen molar-refractivity contribution in [1.82, 2.24) is 5.32 Å². The molecule has 0 aliphatic rings. The Labute approximate surface area is 277 Å². The smallest absolute Gasteiger partial charge is 0.416 e. The number of nitrogens with one attached hydrogen (secondary N) is 3. The fraction of sp³-hybridized carbons (Fsp3) is 0.393. The molecule has 9 N–H and O–H groups in total. The molecule has 15 heteroatoms. The number of aromatic amines is 1. The Morgan fingerprint density at radius 3 is 1.95 bits per heavy atom. The van der Waals surface area contributed by atoms with Crippen molar-refractivity contribution in [1.29, 1.82) is 0 Å². The van der Waals surface area contributed by atoms with Gasteiger partial charge in [-0.3, -0.25) is 9.59 Å². The zero-order valence-corrected chi connectivity index (χ0v) is 24.1. The molecule has 0 unspecified atom stereocenters. The van der Waals surface area contributed by atoms with E-state index in [-0.39, 0.29) is 104 Å². The molecule has 0 saturated carbocycles. The summed E-state index contributed by atoms with van der Waals surface area (Å²) in [5.41, 5.74) is 18.2. The molecule has 43 heavy (non-hydrogen) atoms. The summed E-state index contributed by atoms with van der Waals surface area (Å²) in [6, 6.07) is 11.6.